The molecule has 0 aromatic heterocycles. The van der Waals surface area contributed by atoms with Gasteiger partial charge in [0.2, 0.25) is 0 Å². The highest BCUT2D eigenvalue weighted by molar-refractivity contribution is 9.10. The first-order chi connectivity index (χ1) is 9.59. The van der Waals surface area contributed by atoms with Crippen LogP contribution in [0.1, 0.15) is 18.1 Å². The molecule has 4 heteroatoms. The number of nitrogens with two attached hydrogens (primary N) is 1. The normalized spacial score (nSPS) is 17.1. The number of hydrogen-bond donors (Lipinski definition) is 1. The van der Waals surface area contributed by atoms with Crippen molar-refractivity contribution in [3.8, 4) is 0 Å². The number of halogens is 1. The number of thiocarbonyl (C=S) groups is 1. The van der Waals surface area contributed by atoms with Gasteiger partial charge >= 0.3 is 0 Å². The summed E-state index contributed by atoms with van der Waals surface area (Å²) in [6.07, 6.45) is 1.04. The van der Waals surface area contributed by atoms with Crippen molar-refractivity contribution in [3.63, 3.8) is 0 Å². The van der Waals surface area contributed by atoms with Crippen LogP contribution in [0.3, 0.4) is 0 Å². The first-order valence-electron chi connectivity index (χ1n) is 6.55. The van der Waals surface area contributed by atoms with Gasteiger partial charge in [-0.15, -0.1) is 0 Å². The Labute approximate surface area is 132 Å². The summed E-state index contributed by atoms with van der Waals surface area (Å²) in [5, 5.41) is 0. The minimum Gasteiger partial charge on any atom is -0.389 e. The van der Waals surface area contributed by atoms with E-state index in [1.807, 2.05) is 12.1 Å². The van der Waals surface area contributed by atoms with Crippen LogP contribution in [0.25, 0.3) is 0 Å². The summed E-state index contributed by atoms with van der Waals surface area (Å²) in [6.45, 7) is 2.23. The van der Waals surface area contributed by atoms with Crippen LogP contribution in [-0.2, 0) is 6.42 Å². The smallest absolute Gasteiger partial charge is 0.107 e. The summed E-state index contributed by atoms with van der Waals surface area (Å²) >= 11 is 8.79. The van der Waals surface area contributed by atoms with E-state index < -0.39 is 0 Å². The average Bonchev–Trinajstić information content (AvgIpc) is 2.73. The number of nitrogens with zero attached hydrogens (tertiary/aromatic N) is 1. The topological polar surface area (TPSA) is 29.3 Å². The fraction of sp³-hybridized carbons (Fsp3) is 0.188. The molecule has 2 aromatic carbocycles. The van der Waals surface area contributed by atoms with Crippen molar-refractivity contribution < 1.29 is 0 Å². The molecule has 0 bridgehead atoms. The van der Waals surface area contributed by atoms with Gasteiger partial charge in [0.1, 0.15) is 4.99 Å². The fourth-order valence-corrected chi connectivity index (χ4v) is 3.81. The molecule has 2 aromatic rings. The van der Waals surface area contributed by atoms with Crippen LogP contribution in [0.15, 0.2) is 46.9 Å². The van der Waals surface area contributed by atoms with Gasteiger partial charge in [0, 0.05) is 21.8 Å². The minimum atomic E-state index is 0.398. The third kappa shape index (κ3) is 2.13. The molecule has 102 valence electrons. The summed E-state index contributed by atoms with van der Waals surface area (Å²) in [6, 6.07) is 15.0. The predicted octanol–water partition coefficient (Wildman–Crippen LogP) is 4.17. The van der Waals surface area contributed by atoms with Crippen molar-refractivity contribution in [2.75, 3.05) is 4.90 Å². The summed E-state index contributed by atoms with van der Waals surface area (Å²) in [5.41, 5.74) is 10.5. The zero-order valence-electron chi connectivity index (χ0n) is 11.1. The van der Waals surface area contributed by atoms with Gasteiger partial charge in [0.05, 0.1) is 5.69 Å². The zero-order valence-corrected chi connectivity index (χ0v) is 13.5. The van der Waals surface area contributed by atoms with E-state index in [2.05, 4.69) is 58.1 Å². The molecule has 0 spiro atoms. The molecule has 0 saturated heterocycles. The number of rotatable bonds is 2. The van der Waals surface area contributed by atoms with E-state index in [9.17, 15) is 0 Å². The monoisotopic (exact) mass is 346 g/mol. The third-order valence-electron chi connectivity index (χ3n) is 3.70. The van der Waals surface area contributed by atoms with E-state index in [0.29, 0.717) is 11.0 Å². The molecule has 3 rings (SSSR count). The van der Waals surface area contributed by atoms with E-state index in [4.69, 9.17) is 18.0 Å². The van der Waals surface area contributed by atoms with Crippen molar-refractivity contribution in [2.45, 2.75) is 19.4 Å². The van der Waals surface area contributed by atoms with Gasteiger partial charge in [-0.05, 0) is 53.0 Å². The molecular weight excluding hydrogens is 332 g/mol. The van der Waals surface area contributed by atoms with Gasteiger partial charge in [-0.1, -0.05) is 36.5 Å². The molecule has 0 fully saturated rings. The molecule has 0 aliphatic carbocycles. The summed E-state index contributed by atoms with van der Waals surface area (Å²) in [5.74, 6) is 0. The van der Waals surface area contributed by atoms with Crippen molar-refractivity contribution in [2.24, 2.45) is 5.73 Å². The highest BCUT2D eigenvalue weighted by atomic mass is 79.9. The van der Waals surface area contributed by atoms with Crippen LogP contribution in [0.5, 0.6) is 0 Å². The molecule has 1 heterocycles. The SMILES string of the molecule is CC1Cc2ccccc2N1c1cccc(Br)c1C(N)=S. The highest BCUT2D eigenvalue weighted by Gasteiger charge is 2.29. The molecule has 2 nitrogen and oxygen atoms in total. The Morgan fingerprint density at radius 2 is 1.90 bits per heavy atom. The molecule has 0 radical (unpaired) electrons. The van der Waals surface area contributed by atoms with Crippen LogP contribution in [-0.4, -0.2) is 11.0 Å². The highest BCUT2D eigenvalue weighted by Crippen LogP contribution is 2.41. The van der Waals surface area contributed by atoms with Crippen LogP contribution < -0.4 is 10.6 Å². The molecule has 1 atom stereocenters. The lowest BCUT2D eigenvalue weighted by Gasteiger charge is -2.27. The van der Waals surface area contributed by atoms with Crippen LogP contribution in [0.2, 0.25) is 0 Å². The van der Waals surface area contributed by atoms with Crippen molar-refractivity contribution in [1.29, 1.82) is 0 Å². The number of hydrogen-bond acceptors (Lipinski definition) is 2. The van der Waals surface area contributed by atoms with Crippen LogP contribution in [0.4, 0.5) is 11.4 Å². The maximum absolute atomic E-state index is 5.92. The molecule has 1 unspecified atom stereocenters. The maximum Gasteiger partial charge on any atom is 0.107 e. The number of anilines is 2. The number of para-hydroxylation sites is 1. The van der Waals surface area contributed by atoms with Crippen molar-refractivity contribution >= 4 is 44.5 Å². The Balaban J connectivity index is 2.20. The molecule has 1 aliphatic heterocycles. The first kappa shape index (κ1) is 13.6. The quantitative estimate of drug-likeness (QED) is 0.827. The van der Waals surface area contributed by atoms with E-state index in [1.54, 1.807) is 0 Å². The van der Waals surface area contributed by atoms with E-state index in [0.717, 1.165) is 22.1 Å². The van der Waals surface area contributed by atoms with E-state index in [-0.39, 0.29) is 0 Å². The molecular formula is C16H15BrN2S. The van der Waals surface area contributed by atoms with Gasteiger partial charge in [-0.25, -0.2) is 0 Å². The van der Waals surface area contributed by atoms with Gasteiger partial charge in [0.25, 0.3) is 0 Å². The lowest BCUT2D eigenvalue weighted by Crippen LogP contribution is -2.27. The van der Waals surface area contributed by atoms with E-state index >= 15 is 0 Å². The second-order valence-electron chi connectivity index (χ2n) is 5.05. The van der Waals surface area contributed by atoms with Crippen LogP contribution >= 0.6 is 28.1 Å². The Kier molecular flexibility index (Phi) is 3.52. The number of fused-ring (bicyclic) bond motifs is 1. The molecule has 0 saturated carbocycles. The average molecular weight is 347 g/mol. The van der Waals surface area contributed by atoms with Gasteiger partial charge in [0.15, 0.2) is 0 Å². The maximum atomic E-state index is 5.92. The van der Waals surface area contributed by atoms with Gasteiger partial charge in [-0.3, -0.25) is 0 Å². The van der Waals surface area contributed by atoms with Gasteiger partial charge in [-0.2, -0.15) is 0 Å². The van der Waals surface area contributed by atoms with Crippen molar-refractivity contribution in [1.82, 2.24) is 0 Å². The Morgan fingerprint density at radius 3 is 2.65 bits per heavy atom. The largest absolute Gasteiger partial charge is 0.389 e. The summed E-state index contributed by atoms with van der Waals surface area (Å²) < 4.78 is 0.944. The second kappa shape index (κ2) is 5.19. The second-order valence-corrected chi connectivity index (χ2v) is 6.34. The summed E-state index contributed by atoms with van der Waals surface area (Å²) in [7, 11) is 0. The Bertz CT molecular complexity index is 684. The summed E-state index contributed by atoms with van der Waals surface area (Å²) in [4.78, 5) is 2.75. The lowest BCUT2D eigenvalue weighted by molar-refractivity contribution is 0.758. The standard InChI is InChI=1S/C16H15BrN2S/c1-10-9-11-5-2-3-7-13(11)19(10)14-8-4-6-12(17)15(14)16(18)20/h2-8,10H,9H2,1H3,(H2,18,20). The molecule has 0 amide bonds. The van der Waals surface area contributed by atoms with Gasteiger partial charge < -0.3 is 10.6 Å². The Morgan fingerprint density at radius 1 is 1.20 bits per heavy atom. The Hall–Kier alpha value is -1.39. The zero-order chi connectivity index (χ0) is 14.3. The minimum absolute atomic E-state index is 0.398. The fourth-order valence-electron chi connectivity index (χ4n) is 2.89. The molecule has 1 aliphatic rings. The number of benzene rings is 2. The molecule has 20 heavy (non-hydrogen) atoms. The van der Waals surface area contributed by atoms with E-state index in [1.165, 1.54) is 11.3 Å². The molecule has 2 N–H and O–H groups in total. The van der Waals surface area contributed by atoms with Crippen molar-refractivity contribution in [3.05, 3.63) is 58.1 Å². The predicted molar refractivity (Wildman–Crippen MR) is 91.8 cm³/mol. The first-order valence-corrected chi connectivity index (χ1v) is 7.75. The van der Waals surface area contributed by atoms with Crippen LogP contribution in [0, 0.1) is 0 Å². The lowest BCUT2D eigenvalue weighted by atomic mass is 10.1. The third-order valence-corrected chi connectivity index (χ3v) is 4.57.